The molecule has 0 saturated heterocycles. The highest BCUT2D eigenvalue weighted by Gasteiger charge is 2.02. The van der Waals surface area contributed by atoms with Gasteiger partial charge in [0.15, 0.2) is 0 Å². The molecule has 0 amide bonds. The summed E-state index contributed by atoms with van der Waals surface area (Å²) < 4.78 is 11.4. The monoisotopic (exact) mass is 425 g/mol. The van der Waals surface area contributed by atoms with Gasteiger partial charge in [-0.3, -0.25) is 4.98 Å². The zero-order chi connectivity index (χ0) is 22.0. The third kappa shape index (κ3) is 11.4. The van der Waals surface area contributed by atoms with E-state index in [2.05, 4.69) is 49.2 Å². The van der Waals surface area contributed by atoms with Gasteiger partial charge in [-0.2, -0.15) is 0 Å². The fourth-order valence-electron chi connectivity index (χ4n) is 3.61. The predicted molar refractivity (Wildman–Crippen MR) is 132 cm³/mol. The molecule has 172 valence electrons. The van der Waals surface area contributed by atoms with Crippen molar-refractivity contribution >= 4 is 0 Å². The first kappa shape index (κ1) is 25.4. The van der Waals surface area contributed by atoms with Crippen LogP contribution in [0.1, 0.15) is 90.0 Å². The lowest BCUT2D eigenvalue weighted by atomic mass is 10.0. The lowest BCUT2D eigenvalue weighted by Gasteiger charge is -2.08. The summed E-state index contributed by atoms with van der Waals surface area (Å²) in [5.41, 5.74) is 3.59. The summed E-state index contributed by atoms with van der Waals surface area (Å²) in [4.78, 5) is 4.59. The van der Waals surface area contributed by atoms with Crippen LogP contribution in [0.5, 0.6) is 5.75 Å². The standard InChI is InChI=1S/C28H43NO2/c1-3-5-7-8-9-10-11-14-25-15-17-26(18-16-25)28-20-19-27(24-29-28)31-23-13-12-22-30-21-6-4-2/h15-20,24H,3-14,21-23H2,1-2H3. The minimum Gasteiger partial charge on any atom is -0.492 e. The second-order valence-electron chi connectivity index (χ2n) is 8.47. The first-order valence-electron chi connectivity index (χ1n) is 12.6. The second kappa shape index (κ2) is 16.8. The van der Waals surface area contributed by atoms with E-state index in [1.54, 1.807) is 0 Å². The minimum absolute atomic E-state index is 0.714. The molecule has 1 aromatic heterocycles. The number of benzene rings is 1. The highest BCUT2D eigenvalue weighted by Crippen LogP contribution is 2.21. The second-order valence-corrected chi connectivity index (χ2v) is 8.47. The van der Waals surface area contributed by atoms with Crippen molar-refractivity contribution in [3.8, 4) is 17.0 Å². The zero-order valence-corrected chi connectivity index (χ0v) is 19.9. The van der Waals surface area contributed by atoms with Crippen LogP contribution in [0, 0.1) is 0 Å². The van der Waals surface area contributed by atoms with E-state index in [0.717, 1.165) is 43.9 Å². The summed E-state index contributed by atoms with van der Waals surface area (Å²) in [5.74, 6) is 0.839. The molecule has 0 aliphatic carbocycles. The molecule has 0 spiro atoms. The molecule has 2 aromatic rings. The van der Waals surface area contributed by atoms with E-state index >= 15 is 0 Å². The molecule has 0 radical (unpaired) electrons. The number of nitrogens with zero attached hydrogens (tertiary/aromatic N) is 1. The van der Waals surface area contributed by atoms with E-state index in [4.69, 9.17) is 9.47 Å². The Morgan fingerprint density at radius 3 is 2.03 bits per heavy atom. The fourth-order valence-corrected chi connectivity index (χ4v) is 3.61. The van der Waals surface area contributed by atoms with Gasteiger partial charge in [-0.25, -0.2) is 0 Å². The van der Waals surface area contributed by atoms with E-state index < -0.39 is 0 Å². The Labute approximate surface area is 190 Å². The first-order valence-corrected chi connectivity index (χ1v) is 12.6. The number of hydrogen-bond donors (Lipinski definition) is 0. The van der Waals surface area contributed by atoms with Crippen LogP contribution in [0.2, 0.25) is 0 Å². The maximum atomic E-state index is 5.81. The summed E-state index contributed by atoms with van der Waals surface area (Å²) in [6.07, 6.45) is 16.9. The maximum absolute atomic E-state index is 5.81. The van der Waals surface area contributed by atoms with Gasteiger partial charge in [-0.1, -0.05) is 83.1 Å². The predicted octanol–water partition coefficient (Wildman–Crippen LogP) is 8.02. The molecule has 1 aromatic carbocycles. The third-order valence-electron chi connectivity index (χ3n) is 5.65. The lowest BCUT2D eigenvalue weighted by molar-refractivity contribution is 0.123. The molecule has 0 N–H and O–H groups in total. The number of hydrogen-bond acceptors (Lipinski definition) is 3. The number of rotatable bonds is 18. The van der Waals surface area contributed by atoms with E-state index in [1.165, 1.54) is 68.9 Å². The first-order chi connectivity index (χ1) is 15.3. The number of aryl methyl sites for hydroxylation is 1. The van der Waals surface area contributed by atoms with E-state index in [0.29, 0.717) is 6.61 Å². The Balaban J connectivity index is 1.63. The SMILES string of the molecule is CCCCCCCCCc1ccc(-c2ccc(OCCCCOCCCC)cn2)cc1. The third-order valence-corrected chi connectivity index (χ3v) is 5.65. The average molecular weight is 426 g/mol. The van der Waals surface area contributed by atoms with E-state index in [1.807, 2.05) is 12.3 Å². The van der Waals surface area contributed by atoms with Crippen LogP contribution in [-0.4, -0.2) is 24.8 Å². The summed E-state index contributed by atoms with van der Waals surface area (Å²) >= 11 is 0. The molecule has 0 saturated carbocycles. The van der Waals surface area contributed by atoms with Crippen LogP contribution in [0.3, 0.4) is 0 Å². The number of pyridine rings is 1. The van der Waals surface area contributed by atoms with Gasteiger partial charge < -0.3 is 9.47 Å². The van der Waals surface area contributed by atoms with Crippen LogP contribution in [0.4, 0.5) is 0 Å². The lowest BCUT2D eigenvalue weighted by Crippen LogP contribution is -2.02. The van der Waals surface area contributed by atoms with Crippen LogP contribution >= 0.6 is 0 Å². The van der Waals surface area contributed by atoms with Gasteiger partial charge in [0.1, 0.15) is 5.75 Å². The van der Waals surface area contributed by atoms with Crippen molar-refractivity contribution in [2.45, 2.75) is 90.9 Å². The van der Waals surface area contributed by atoms with Crippen molar-refractivity contribution in [2.24, 2.45) is 0 Å². The van der Waals surface area contributed by atoms with E-state index in [9.17, 15) is 0 Å². The molecule has 1 heterocycles. The van der Waals surface area contributed by atoms with Crippen molar-refractivity contribution in [1.82, 2.24) is 4.98 Å². The Morgan fingerprint density at radius 1 is 0.645 bits per heavy atom. The molecular formula is C28H43NO2. The van der Waals surface area contributed by atoms with Gasteiger partial charge in [-0.05, 0) is 49.8 Å². The molecule has 31 heavy (non-hydrogen) atoms. The quantitative estimate of drug-likeness (QED) is 0.227. The number of unbranched alkanes of at least 4 members (excludes halogenated alkanes) is 8. The normalized spacial score (nSPS) is 11.0. The summed E-state index contributed by atoms with van der Waals surface area (Å²) in [5, 5.41) is 0. The highest BCUT2D eigenvalue weighted by atomic mass is 16.5. The highest BCUT2D eigenvalue weighted by molar-refractivity contribution is 5.59. The van der Waals surface area contributed by atoms with Crippen molar-refractivity contribution in [1.29, 1.82) is 0 Å². The van der Waals surface area contributed by atoms with Crippen molar-refractivity contribution in [3.63, 3.8) is 0 Å². The van der Waals surface area contributed by atoms with Crippen LogP contribution in [0.15, 0.2) is 42.6 Å². The smallest absolute Gasteiger partial charge is 0.137 e. The van der Waals surface area contributed by atoms with Crippen LogP contribution in [-0.2, 0) is 11.2 Å². The molecule has 0 aliphatic heterocycles. The topological polar surface area (TPSA) is 31.4 Å². The molecule has 0 atom stereocenters. The van der Waals surface area contributed by atoms with Crippen LogP contribution in [0.25, 0.3) is 11.3 Å². The Bertz CT molecular complexity index is 666. The van der Waals surface area contributed by atoms with Gasteiger partial charge in [0.25, 0.3) is 0 Å². The summed E-state index contributed by atoms with van der Waals surface area (Å²) in [7, 11) is 0. The Kier molecular flexibility index (Phi) is 13.7. The number of aromatic nitrogens is 1. The molecule has 3 heteroatoms. The molecular weight excluding hydrogens is 382 g/mol. The van der Waals surface area contributed by atoms with E-state index in [-0.39, 0.29) is 0 Å². The fraction of sp³-hybridized carbons (Fsp3) is 0.607. The average Bonchev–Trinajstić information content (AvgIpc) is 2.81. The van der Waals surface area contributed by atoms with Crippen molar-refractivity contribution in [2.75, 3.05) is 19.8 Å². The van der Waals surface area contributed by atoms with Gasteiger partial charge in [0, 0.05) is 18.8 Å². The van der Waals surface area contributed by atoms with Crippen molar-refractivity contribution < 1.29 is 9.47 Å². The minimum atomic E-state index is 0.714. The largest absolute Gasteiger partial charge is 0.492 e. The summed E-state index contributed by atoms with van der Waals surface area (Å²) in [6.45, 7) is 6.88. The van der Waals surface area contributed by atoms with Gasteiger partial charge in [0.2, 0.25) is 0 Å². The number of ether oxygens (including phenoxy) is 2. The summed E-state index contributed by atoms with van der Waals surface area (Å²) in [6, 6.07) is 13.0. The Morgan fingerprint density at radius 2 is 1.32 bits per heavy atom. The van der Waals surface area contributed by atoms with Crippen molar-refractivity contribution in [3.05, 3.63) is 48.2 Å². The van der Waals surface area contributed by atoms with Gasteiger partial charge in [-0.15, -0.1) is 0 Å². The molecule has 0 bridgehead atoms. The molecule has 2 rings (SSSR count). The molecule has 0 unspecified atom stereocenters. The molecule has 0 fully saturated rings. The van der Waals surface area contributed by atoms with Gasteiger partial charge in [0.05, 0.1) is 18.5 Å². The molecule has 0 aliphatic rings. The molecule has 3 nitrogen and oxygen atoms in total. The maximum Gasteiger partial charge on any atom is 0.137 e. The van der Waals surface area contributed by atoms with Crippen LogP contribution < -0.4 is 4.74 Å². The Hall–Kier alpha value is -1.87. The zero-order valence-electron chi connectivity index (χ0n) is 19.9. The van der Waals surface area contributed by atoms with Gasteiger partial charge >= 0.3 is 0 Å².